The molecule has 0 bridgehead atoms. The summed E-state index contributed by atoms with van der Waals surface area (Å²) in [6.45, 7) is 1.85. The summed E-state index contributed by atoms with van der Waals surface area (Å²) in [5.74, 6) is 0.269. The number of aromatic amines is 1. The minimum Gasteiger partial charge on any atom is -0.493 e. The maximum absolute atomic E-state index is 13.7. The van der Waals surface area contributed by atoms with Crippen molar-refractivity contribution in [3.63, 3.8) is 0 Å². The largest absolute Gasteiger partial charge is 0.493 e. The van der Waals surface area contributed by atoms with Crippen LogP contribution in [0.15, 0.2) is 35.3 Å². The van der Waals surface area contributed by atoms with Gasteiger partial charge in [0.05, 0.1) is 7.11 Å². The van der Waals surface area contributed by atoms with E-state index in [9.17, 15) is 9.18 Å². The molecule has 0 aliphatic rings. The molecule has 1 N–H and O–H groups in total. The first-order valence-electron chi connectivity index (χ1n) is 5.87. The van der Waals surface area contributed by atoms with Gasteiger partial charge in [0.1, 0.15) is 5.82 Å². The summed E-state index contributed by atoms with van der Waals surface area (Å²) in [6.07, 6.45) is 2.04. The minimum atomic E-state index is -0.385. The molecular formula is C14H14FNO3. The Morgan fingerprint density at radius 2 is 2.05 bits per heavy atom. The van der Waals surface area contributed by atoms with E-state index in [-0.39, 0.29) is 22.9 Å². The van der Waals surface area contributed by atoms with Gasteiger partial charge in [-0.2, -0.15) is 0 Å². The fourth-order valence-corrected chi connectivity index (χ4v) is 1.69. The summed E-state index contributed by atoms with van der Waals surface area (Å²) in [7, 11) is 1.47. The van der Waals surface area contributed by atoms with Gasteiger partial charge in [-0.1, -0.05) is 6.92 Å². The molecule has 5 heteroatoms. The first kappa shape index (κ1) is 13.1. The van der Waals surface area contributed by atoms with Gasteiger partial charge in [0.15, 0.2) is 17.2 Å². The van der Waals surface area contributed by atoms with E-state index < -0.39 is 0 Å². The third-order valence-electron chi connectivity index (χ3n) is 2.72. The monoisotopic (exact) mass is 263 g/mol. The summed E-state index contributed by atoms with van der Waals surface area (Å²) in [5, 5.41) is 0. The highest BCUT2D eigenvalue weighted by Crippen LogP contribution is 2.32. The quantitative estimate of drug-likeness (QED) is 0.922. The number of pyridine rings is 1. The molecule has 0 amide bonds. The van der Waals surface area contributed by atoms with Crippen molar-refractivity contribution in [2.24, 2.45) is 0 Å². The van der Waals surface area contributed by atoms with Crippen molar-refractivity contribution in [2.75, 3.05) is 7.11 Å². The second-order valence-electron chi connectivity index (χ2n) is 3.91. The number of benzene rings is 1. The van der Waals surface area contributed by atoms with Gasteiger partial charge in [-0.3, -0.25) is 4.79 Å². The Hall–Kier alpha value is -2.30. The number of hydrogen-bond donors (Lipinski definition) is 1. The van der Waals surface area contributed by atoms with Gasteiger partial charge in [-0.15, -0.1) is 0 Å². The van der Waals surface area contributed by atoms with Crippen LogP contribution in [0.4, 0.5) is 4.39 Å². The standard InChI is InChI=1S/C14H14FNO3/c1-3-9-7-12(18-2)13(8-10(9)15)19-11-5-4-6-16-14(11)17/h4-8H,3H2,1-2H3,(H,16,17). The van der Waals surface area contributed by atoms with Crippen molar-refractivity contribution in [2.45, 2.75) is 13.3 Å². The number of H-pyrrole nitrogens is 1. The molecule has 0 saturated carbocycles. The van der Waals surface area contributed by atoms with Crippen LogP contribution in [0.25, 0.3) is 0 Å². The summed E-state index contributed by atoms with van der Waals surface area (Å²) in [6, 6.07) is 5.93. The average Bonchev–Trinajstić information content (AvgIpc) is 2.42. The van der Waals surface area contributed by atoms with Crippen molar-refractivity contribution in [1.29, 1.82) is 0 Å². The number of ether oxygens (including phenoxy) is 2. The zero-order valence-corrected chi connectivity index (χ0v) is 10.7. The lowest BCUT2D eigenvalue weighted by atomic mass is 10.1. The van der Waals surface area contributed by atoms with E-state index in [0.717, 1.165) is 0 Å². The highest BCUT2D eigenvalue weighted by atomic mass is 19.1. The Morgan fingerprint density at radius 3 is 2.68 bits per heavy atom. The maximum atomic E-state index is 13.7. The molecule has 1 aromatic heterocycles. The minimum absolute atomic E-state index is 0.0875. The summed E-state index contributed by atoms with van der Waals surface area (Å²) in [5.41, 5.74) is 0.149. The summed E-state index contributed by atoms with van der Waals surface area (Å²) >= 11 is 0. The van der Waals surface area contributed by atoms with E-state index in [1.807, 2.05) is 6.92 Å². The number of nitrogens with one attached hydrogen (secondary N) is 1. The van der Waals surface area contributed by atoms with Gasteiger partial charge < -0.3 is 14.5 Å². The first-order valence-corrected chi connectivity index (χ1v) is 5.87. The Bertz CT molecular complexity index is 637. The second kappa shape index (κ2) is 5.56. The van der Waals surface area contributed by atoms with Crippen LogP contribution in [-0.2, 0) is 6.42 Å². The maximum Gasteiger partial charge on any atom is 0.290 e. The summed E-state index contributed by atoms with van der Waals surface area (Å²) in [4.78, 5) is 14.0. The molecule has 0 unspecified atom stereocenters. The van der Waals surface area contributed by atoms with E-state index in [1.54, 1.807) is 12.1 Å². The third kappa shape index (κ3) is 2.76. The molecule has 0 aliphatic heterocycles. The highest BCUT2D eigenvalue weighted by Gasteiger charge is 2.12. The Labute approximate surface area is 109 Å². The Morgan fingerprint density at radius 1 is 1.26 bits per heavy atom. The zero-order chi connectivity index (χ0) is 13.8. The molecule has 0 atom stereocenters. The summed E-state index contributed by atoms with van der Waals surface area (Å²) < 4.78 is 24.3. The number of methoxy groups -OCH3 is 1. The van der Waals surface area contributed by atoms with Crippen molar-refractivity contribution in [3.05, 3.63) is 52.2 Å². The number of hydrogen-bond acceptors (Lipinski definition) is 3. The molecule has 0 aliphatic carbocycles. The van der Waals surface area contributed by atoms with Crippen molar-refractivity contribution in [3.8, 4) is 17.2 Å². The van der Waals surface area contributed by atoms with Crippen molar-refractivity contribution >= 4 is 0 Å². The number of aryl methyl sites for hydroxylation is 1. The average molecular weight is 263 g/mol. The second-order valence-corrected chi connectivity index (χ2v) is 3.91. The molecule has 19 heavy (non-hydrogen) atoms. The lowest BCUT2D eigenvalue weighted by Gasteiger charge is -2.11. The van der Waals surface area contributed by atoms with Crippen LogP contribution in [0.5, 0.6) is 17.2 Å². The van der Waals surface area contributed by atoms with Gasteiger partial charge in [0.25, 0.3) is 5.56 Å². The van der Waals surface area contributed by atoms with Crippen LogP contribution in [-0.4, -0.2) is 12.1 Å². The molecule has 100 valence electrons. The van der Waals surface area contributed by atoms with Crippen LogP contribution in [0.1, 0.15) is 12.5 Å². The first-order chi connectivity index (χ1) is 9.15. The van der Waals surface area contributed by atoms with Crippen LogP contribution >= 0.6 is 0 Å². The van der Waals surface area contributed by atoms with E-state index in [4.69, 9.17) is 9.47 Å². The Kier molecular flexibility index (Phi) is 3.85. The number of aromatic nitrogens is 1. The van der Waals surface area contributed by atoms with Crippen molar-refractivity contribution < 1.29 is 13.9 Å². The normalized spacial score (nSPS) is 10.3. The van der Waals surface area contributed by atoms with Gasteiger partial charge >= 0.3 is 0 Å². The van der Waals surface area contributed by atoms with Crippen LogP contribution < -0.4 is 15.0 Å². The van der Waals surface area contributed by atoms with Gasteiger partial charge in [0, 0.05) is 12.3 Å². The molecule has 1 heterocycles. The van der Waals surface area contributed by atoms with Crippen LogP contribution in [0, 0.1) is 5.82 Å². The molecule has 2 aromatic rings. The molecule has 1 aromatic carbocycles. The van der Waals surface area contributed by atoms with Gasteiger partial charge in [0.2, 0.25) is 0 Å². The molecule has 4 nitrogen and oxygen atoms in total. The molecule has 0 spiro atoms. The van der Waals surface area contributed by atoms with Crippen LogP contribution in [0.2, 0.25) is 0 Å². The smallest absolute Gasteiger partial charge is 0.290 e. The topological polar surface area (TPSA) is 51.3 Å². The predicted octanol–water partition coefficient (Wildman–Crippen LogP) is 2.88. The number of halogens is 1. The molecule has 0 radical (unpaired) electrons. The van der Waals surface area contributed by atoms with E-state index in [1.165, 1.54) is 25.4 Å². The SMILES string of the molecule is CCc1cc(OC)c(Oc2ccc[nH]c2=O)cc1F. The Balaban J connectivity index is 2.43. The highest BCUT2D eigenvalue weighted by molar-refractivity contribution is 5.45. The fourth-order valence-electron chi connectivity index (χ4n) is 1.69. The zero-order valence-electron chi connectivity index (χ0n) is 10.7. The lowest BCUT2D eigenvalue weighted by Crippen LogP contribution is -2.07. The van der Waals surface area contributed by atoms with E-state index in [0.29, 0.717) is 17.7 Å². The van der Waals surface area contributed by atoms with Crippen LogP contribution in [0.3, 0.4) is 0 Å². The number of rotatable bonds is 4. The molecular weight excluding hydrogens is 249 g/mol. The van der Waals surface area contributed by atoms with E-state index in [2.05, 4.69) is 4.98 Å². The van der Waals surface area contributed by atoms with Gasteiger partial charge in [-0.25, -0.2) is 4.39 Å². The van der Waals surface area contributed by atoms with Crippen molar-refractivity contribution in [1.82, 2.24) is 4.98 Å². The van der Waals surface area contributed by atoms with E-state index >= 15 is 0 Å². The molecule has 0 fully saturated rings. The van der Waals surface area contributed by atoms with Gasteiger partial charge in [-0.05, 0) is 30.2 Å². The predicted molar refractivity (Wildman–Crippen MR) is 69.5 cm³/mol. The fraction of sp³-hybridized carbons (Fsp3) is 0.214. The molecule has 2 rings (SSSR count). The molecule has 0 saturated heterocycles. The third-order valence-corrected chi connectivity index (χ3v) is 2.72. The lowest BCUT2D eigenvalue weighted by molar-refractivity contribution is 0.374.